The number of hydrogen-bond donors (Lipinski definition) is 6. The van der Waals surface area contributed by atoms with E-state index in [1.165, 1.54) is 18.7 Å². The third kappa shape index (κ3) is 9.63. The van der Waals surface area contributed by atoms with Crippen LogP contribution < -0.4 is 22.1 Å². The minimum Gasteiger partial charge on any atom is -0.480 e. The highest BCUT2D eigenvalue weighted by atomic mass is 32.2. The zero-order chi connectivity index (χ0) is 19.4. The van der Waals surface area contributed by atoms with E-state index >= 15 is 0 Å². The SMILES string of the molecule is CSCC[C@H](N)C(=O)N[C@H](C(=O)N[C@@H](CCCCN)C(=O)O)[C@@H](C)O. The van der Waals surface area contributed by atoms with Gasteiger partial charge in [-0.25, -0.2) is 4.79 Å². The molecule has 0 saturated carbocycles. The van der Waals surface area contributed by atoms with Crippen LogP contribution in [0.3, 0.4) is 0 Å². The van der Waals surface area contributed by atoms with Gasteiger partial charge in [0, 0.05) is 0 Å². The standard InChI is InChI=1S/C15H30N4O5S/c1-9(20)12(19-13(21)10(17)6-8-25-2)14(22)18-11(15(23)24)5-3-4-7-16/h9-12,20H,3-8,16-17H2,1-2H3,(H,18,22)(H,19,21)(H,23,24)/t9-,10+,11+,12+/m1/s1. The Morgan fingerprint density at radius 3 is 2.24 bits per heavy atom. The summed E-state index contributed by atoms with van der Waals surface area (Å²) in [5.41, 5.74) is 11.1. The van der Waals surface area contributed by atoms with Crippen LogP contribution in [-0.4, -0.2) is 70.8 Å². The lowest BCUT2D eigenvalue weighted by molar-refractivity contribution is -0.143. The lowest BCUT2D eigenvalue weighted by Crippen LogP contribution is -2.58. The molecule has 0 aliphatic rings. The minimum absolute atomic E-state index is 0.214. The molecular weight excluding hydrogens is 348 g/mol. The number of carboxylic acid groups (broad SMARTS) is 1. The van der Waals surface area contributed by atoms with Crippen molar-refractivity contribution in [2.45, 2.75) is 56.8 Å². The van der Waals surface area contributed by atoms with Crippen LogP contribution in [0.4, 0.5) is 0 Å². The minimum atomic E-state index is -1.27. The van der Waals surface area contributed by atoms with Gasteiger partial charge in [0.05, 0.1) is 12.1 Å². The number of carbonyl (C=O) groups is 3. The van der Waals surface area contributed by atoms with Crippen LogP contribution in [0.15, 0.2) is 0 Å². The average molecular weight is 378 g/mol. The number of carboxylic acids is 1. The molecule has 146 valence electrons. The molecule has 0 bridgehead atoms. The molecule has 10 heteroatoms. The monoisotopic (exact) mass is 378 g/mol. The zero-order valence-electron chi connectivity index (χ0n) is 14.7. The summed E-state index contributed by atoms with van der Waals surface area (Å²) in [7, 11) is 0. The first-order valence-corrected chi connectivity index (χ1v) is 9.60. The maximum atomic E-state index is 12.3. The molecule has 9 nitrogen and oxygen atoms in total. The summed E-state index contributed by atoms with van der Waals surface area (Å²) in [6.07, 6.45) is 2.51. The molecule has 0 aromatic rings. The fourth-order valence-electron chi connectivity index (χ4n) is 2.05. The van der Waals surface area contributed by atoms with Crippen LogP contribution in [0.25, 0.3) is 0 Å². The van der Waals surface area contributed by atoms with E-state index in [-0.39, 0.29) is 6.42 Å². The second-order valence-electron chi connectivity index (χ2n) is 5.80. The molecule has 25 heavy (non-hydrogen) atoms. The van der Waals surface area contributed by atoms with Gasteiger partial charge in [0.1, 0.15) is 12.1 Å². The summed E-state index contributed by atoms with van der Waals surface area (Å²) < 4.78 is 0. The van der Waals surface area contributed by atoms with Crippen LogP contribution in [-0.2, 0) is 14.4 Å². The Balaban J connectivity index is 4.80. The van der Waals surface area contributed by atoms with Crippen molar-refractivity contribution in [3.63, 3.8) is 0 Å². The van der Waals surface area contributed by atoms with Gasteiger partial charge in [-0.2, -0.15) is 11.8 Å². The maximum absolute atomic E-state index is 12.3. The smallest absolute Gasteiger partial charge is 0.326 e. The van der Waals surface area contributed by atoms with Crippen molar-refractivity contribution in [2.24, 2.45) is 11.5 Å². The van der Waals surface area contributed by atoms with E-state index in [0.717, 1.165) is 0 Å². The van der Waals surface area contributed by atoms with Crippen molar-refractivity contribution in [3.8, 4) is 0 Å². The fraction of sp³-hybridized carbons (Fsp3) is 0.800. The predicted octanol–water partition coefficient (Wildman–Crippen LogP) is -1.37. The van der Waals surface area contributed by atoms with E-state index in [4.69, 9.17) is 11.5 Å². The maximum Gasteiger partial charge on any atom is 0.326 e. The molecule has 0 spiro atoms. The molecule has 0 aliphatic carbocycles. The molecule has 0 rings (SSSR count). The van der Waals surface area contributed by atoms with Crippen LogP contribution in [0.5, 0.6) is 0 Å². The number of rotatable bonds is 13. The number of aliphatic hydroxyl groups is 1. The lowest BCUT2D eigenvalue weighted by Gasteiger charge is -2.24. The Kier molecular flexibility index (Phi) is 12.2. The number of carbonyl (C=O) groups excluding carboxylic acids is 2. The van der Waals surface area contributed by atoms with E-state index in [9.17, 15) is 24.6 Å². The summed E-state index contributed by atoms with van der Waals surface area (Å²) in [5.74, 6) is -1.83. The average Bonchev–Trinajstić information content (AvgIpc) is 2.55. The summed E-state index contributed by atoms with van der Waals surface area (Å²) in [5, 5.41) is 23.7. The third-order valence-corrected chi connectivity index (χ3v) is 4.24. The zero-order valence-corrected chi connectivity index (χ0v) is 15.6. The topological polar surface area (TPSA) is 168 Å². The molecule has 4 atom stereocenters. The van der Waals surface area contributed by atoms with E-state index in [2.05, 4.69) is 10.6 Å². The van der Waals surface area contributed by atoms with E-state index in [1.54, 1.807) is 0 Å². The van der Waals surface area contributed by atoms with Gasteiger partial charge in [-0.1, -0.05) is 0 Å². The lowest BCUT2D eigenvalue weighted by atomic mass is 10.1. The number of aliphatic carboxylic acids is 1. The molecule has 8 N–H and O–H groups in total. The number of amides is 2. The number of nitrogens with two attached hydrogens (primary N) is 2. The van der Waals surface area contributed by atoms with E-state index in [1.807, 2.05) is 6.26 Å². The molecule has 0 saturated heterocycles. The number of thioether (sulfide) groups is 1. The van der Waals surface area contributed by atoms with Crippen molar-refractivity contribution in [1.82, 2.24) is 10.6 Å². The van der Waals surface area contributed by atoms with Crippen molar-refractivity contribution in [2.75, 3.05) is 18.6 Å². The number of unbranched alkanes of at least 4 members (excludes halogenated alkanes) is 1. The number of aliphatic hydroxyl groups excluding tert-OH is 1. The molecule has 0 heterocycles. The van der Waals surface area contributed by atoms with Crippen LogP contribution in [0, 0.1) is 0 Å². The van der Waals surface area contributed by atoms with Crippen LogP contribution in [0.2, 0.25) is 0 Å². The molecule has 2 amide bonds. The third-order valence-electron chi connectivity index (χ3n) is 3.59. The summed E-state index contributed by atoms with van der Waals surface area (Å²) in [6, 6.07) is -3.19. The largest absolute Gasteiger partial charge is 0.480 e. The Bertz CT molecular complexity index is 436. The Morgan fingerprint density at radius 1 is 1.12 bits per heavy atom. The van der Waals surface area contributed by atoms with E-state index < -0.39 is 42.0 Å². The highest BCUT2D eigenvalue weighted by Crippen LogP contribution is 2.04. The summed E-state index contributed by atoms with van der Waals surface area (Å²) in [4.78, 5) is 35.6. The van der Waals surface area contributed by atoms with Gasteiger partial charge in [0.2, 0.25) is 11.8 Å². The van der Waals surface area contributed by atoms with Crippen LogP contribution in [0.1, 0.15) is 32.6 Å². The van der Waals surface area contributed by atoms with Gasteiger partial charge in [0.15, 0.2) is 0 Å². The molecule has 0 radical (unpaired) electrons. The first-order valence-electron chi connectivity index (χ1n) is 8.20. The van der Waals surface area contributed by atoms with Gasteiger partial charge < -0.3 is 32.3 Å². The molecular formula is C15H30N4O5S. The number of nitrogens with one attached hydrogen (secondary N) is 2. The molecule has 0 aromatic carbocycles. The quantitative estimate of drug-likeness (QED) is 0.213. The van der Waals surface area contributed by atoms with Gasteiger partial charge in [-0.3, -0.25) is 9.59 Å². The van der Waals surface area contributed by atoms with Crippen LogP contribution >= 0.6 is 11.8 Å². The number of hydrogen-bond acceptors (Lipinski definition) is 7. The van der Waals surface area contributed by atoms with Gasteiger partial charge in [-0.15, -0.1) is 0 Å². The van der Waals surface area contributed by atoms with Crippen molar-refractivity contribution < 1.29 is 24.6 Å². The fourth-order valence-corrected chi connectivity index (χ4v) is 2.54. The normalized spacial score (nSPS) is 15.7. The molecule has 0 aliphatic heterocycles. The highest BCUT2D eigenvalue weighted by molar-refractivity contribution is 7.98. The summed E-state index contributed by atoms with van der Waals surface area (Å²) >= 11 is 1.54. The van der Waals surface area contributed by atoms with E-state index in [0.29, 0.717) is 31.6 Å². The van der Waals surface area contributed by atoms with Gasteiger partial charge >= 0.3 is 5.97 Å². The van der Waals surface area contributed by atoms with Crippen molar-refractivity contribution >= 4 is 29.5 Å². The van der Waals surface area contributed by atoms with Crippen molar-refractivity contribution in [3.05, 3.63) is 0 Å². The first-order chi connectivity index (χ1) is 11.7. The molecule has 0 unspecified atom stereocenters. The Labute approximate surface area is 152 Å². The van der Waals surface area contributed by atoms with Crippen molar-refractivity contribution in [1.29, 1.82) is 0 Å². The summed E-state index contributed by atoms with van der Waals surface area (Å²) in [6.45, 7) is 1.77. The second kappa shape index (κ2) is 12.9. The van der Waals surface area contributed by atoms with Gasteiger partial charge in [0.25, 0.3) is 0 Å². The highest BCUT2D eigenvalue weighted by Gasteiger charge is 2.30. The van der Waals surface area contributed by atoms with Gasteiger partial charge in [-0.05, 0) is 51.2 Å². The second-order valence-corrected chi connectivity index (χ2v) is 6.78. The molecule has 0 fully saturated rings. The molecule has 0 aromatic heterocycles. The predicted molar refractivity (Wildman–Crippen MR) is 97.1 cm³/mol. The first kappa shape index (κ1) is 23.6. The Morgan fingerprint density at radius 2 is 1.76 bits per heavy atom. The Hall–Kier alpha value is -1.36.